The van der Waals surface area contributed by atoms with Gasteiger partial charge in [-0.05, 0) is 12.1 Å². The van der Waals surface area contributed by atoms with Gasteiger partial charge in [0.05, 0.1) is 18.2 Å². The summed E-state index contributed by atoms with van der Waals surface area (Å²) in [5.74, 6) is -10.7. The lowest BCUT2D eigenvalue weighted by molar-refractivity contribution is -0.277. The summed E-state index contributed by atoms with van der Waals surface area (Å²) in [6.07, 6.45) is -8.49. The van der Waals surface area contributed by atoms with Gasteiger partial charge in [0, 0.05) is 18.2 Å². The van der Waals surface area contributed by atoms with E-state index >= 15 is 0 Å². The number of aliphatic hydroxyl groups is 4. The molecule has 0 saturated carbocycles. The molecule has 1 fully saturated rings. The van der Waals surface area contributed by atoms with Crippen molar-refractivity contribution in [2.45, 2.75) is 30.7 Å². The molecule has 17 heteroatoms. The molecule has 0 unspecified atom stereocenters. The molecule has 0 radical (unpaired) electrons. The van der Waals surface area contributed by atoms with Gasteiger partial charge in [-0.3, -0.25) is 0 Å². The third-order valence-corrected chi connectivity index (χ3v) is 5.88. The summed E-state index contributed by atoms with van der Waals surface area (Å²) < 4.78 is 26.3. The maximum atomic E-state index is 11.9. The van der Waals surface area contributed by atoms with Gasteiger partial charge in [0.25, 0.3) is 0 Å². The number of hydrogen-bond donors (Lipinski definition) is 8. The van der Waals surface area contributed by atoms with Crippen molar-refractivity contribution in [1.29, 1.82) is 0 Å². The van der Waals surface area contributed by atoms with Crippen LogP contribution in [0.3, 0.4) is 0 Å². The number of phenolic OH excluding ortho intramolecular Hbond substituents is 2. The number of esters is 2. The van der Waals surface area contributed by atoms with Gasteiger partial charge < -0.3 is 59.8 Å². The van der Waals surface area contributed by atoms with Gasteiger partial charge >= 0.3 is 35.2 Å². The van der Waals surface area contributed by atoms with Crippen LogP contribution < -0.4 is 14.2 Å². The van der Waals surface area contributed by atoms with E-state index in [-0.39, 0.29) is 22.3 Å². The van der Waals surface area contributed by atoms with Crippen molar-refractivity contribution in [2.75, 3.05) is 6.61 Å². The van der Waals surface area contributed by atoms with Crippen LogP contribution in [0.25, 0.3) is 22.3 Å². The third-order valence-electron chi connectivity index (χ3n) is 5.88. The molecule has 1 saturated heterocycles. The zero-order valence-corrected chi connectivity index (χ0v) is 20.8. The van der Waals surface area contributed by atoms with E-state index in [0.29, 0.717) is 0 Å². The van der Waals surface area contributed by atoms with E-state index in [0.717, 1.165) is 30.3 Å². The lowest BCUT2D eigenvalue weighted by Crippen LogP contribution is -2.60. The van der Waals surface area contributed by atoms with E-state index in [1.165, 1.54) is 6.07 Å². The van der Waals surface area contributed by atoms with Gasteiger partial charge in [-0.15, -0.1) is 0 Å². The molecule has 1 aliphatic heterocycles. The van der Waals surface area contributed by atoms with E-state index in [2.05, 4.69) is 0 Å². The third kappa shape index (κ3) is 5.99. The second kappa shape index (κ2) is 11.8. The Bertz CT molecular complexity index is 1560. The number of rotatable bonds is 6. The zero-order valence-electron chi connectivity index (χ0n) is 20.8. The topological polar surface area (TPSA) is 278 Å². The summed E-state index contributed by atoms with van der Waals surface area (Å²) >= 11 is 0. The quantitative estimate of drug-likeness (QED) is 0.0556. The number of phenols is 2. The Kier molecular flexibility index (Phi) is 8.41. The molecule has 222 valence electrons. The molecular weight excluding hydrogens is 572 g/mol. The summed E-state index contributed by atoms with van der Waals surface area (Å²) in [6.45, 7) is -0.778. The summed E-state index contributed by atoms with van der Waals surface area (Å²) in [5.41, 5.74) is -0.368. The van der Waals surface area contributed by atoms with Crippen LogP contribution in [0, 0.1) is 0 Å². The fourth-order valence-corrected chi connectivity index (χ4v) is 3.84. The van der Waals surface area contributed by atoms with Crippen LogP contribution in [-0.2, 0) is 23.9 Å². The van der Waals surface area contributed by atoms with Crippen molar-refractivity contribution in [3.8, 4) is 40.1 Å². The van der Waals surface area contributed by atoms with E-state index in [9.17, 15) is 49.8 Å². The Labute approximate surface area is 232 Å². The van der Waals surface area contributed by atoms with Gasteiger partial charge in [0.15, 0.2) is 17.2 Å². The van der Waals surface area contributed by atoms with Crippen molar-refractivity contribution in [2.24, 2.45) is 0 Å². The number of aliphatic hydroxyl groups excluding tert-OH is 4. The van der Waals surface area contributed by atoms with Crippen LogP contribution in [0.1, 0.15) is 0 Å². The second-order valence-electron chi connectivity index (χ2n) is 8.68. The molecule has 3 aromatic rings. The Balaban J connectivity index is 1.89. The van der Waals surface area contributed by atoms with E-state index in [1.807, 2.05) is 0 Å². The first-order chi connectivity index (χ1) is 19.8. The molecule has 8 N–H and O–H groups in total. The normalized spacial score (nSPS) is 21.9. The number of hydrogen-bond acceptors (Lipinski definition) is 14. The molecular formula is C25H21O17+. The van der Waals surface area contributed by atoms with E-state index in [1.54, 1.807) is 0 Å². The number of carbonyl (C=O) groups excluding carboxylic acids is 2. The van der Waals surface area contributed by atoms with Crippen molar-refractivity contribution < 1.29 is 83.4 Å². The van der Waals surface area contributed by atoms with Gasteiger partial charge in [-0.2, -0.15) is 0 Å². The van der Waals surface area contributed by atoms with Gasteiger partial charge in [0.2, 0.25) is 12.0 Å². The fraction of sp³-hybridized carbons (Fsp3) is 0.240. The summed E-state index contributed by atoms with van der Waals surface area (Å²) in [6, 6.07) is 6.14. The lowest BCUT2D eigenvalue weighted by Gasteiger charge is -2.39. The summed E-state index contributed by atoms with van der Waals surface area (Å²) in [4.78, 5) is 46.1. The predicted octanol–water partition coefficient (Wildman–Crippen LogP) is -1.05. The number of carboxylic acid groups (broad SMARTS) is 2. The van der Waals surface area contributed by atoms with Crippen molar-refractivity contribution in [1.82, 2.24) is 0 Å². The highest BCUT2D eigenvalue weighted by Gasteiger charge is 2.45. The monoisotopic (exact) mass is 593 g/mol. The molecule has 0 bridgehead atoms. The highest BCUT2D eigenvalue weighted by atomic mass is 16.7. The molecule has 4 rings (SSSR count). The maximum absolute atomic E-state index is 11.9. The molecule has 2 aromatic carbocycles. The van der Waals surface area contributed by atoms with Gasteiger partial charge in [0.1, 0.15) is 35.6 Å². The average molecular weight is 593 g/mol. The van der Waals surface area contributed by atoms with Crippen LogP contribution in [0.15, 0.2) is 40.8 Å². The lowest BCUT2D eigenvalue weighted by atomic mass is 9.99. The Morgan fingerprint density at radius 3 is 2.05 bits per heavy atom. The van der Waals surface area contributed by atoms with Gasteiger partial charge in [-0.25, -0.2) is 23.6 Å². The maximum Gasteiger partial charge on any atom is 0.423 e. The van der Waals surface area contributed by atoms with Crippen molar-refractivity contribution in [3.05, 3.63) is 36.4 Å². The highest BCUT2D eigenvalue weighted by molar-refractivity contribution is 6.30. The van der Waals surface area contributed by atoms with Crippen molar-refractivity contribution >= 4 is 34.8 Å². The smallest absolute Gasteiger partial charge is 0.423 e. The molecule has 0 aliphatic carbocycles. The number of fused-ring (bicyclic) bond motifs is 1. The SMILES string of the molecule is O=C(O)C(=O)Oc1cc2c(OC(=O)C(=O)O)cc(O[C@@H]3O[C@H](CO)[C@@H](O)[C@H](O)[C@H]3O)cc2[o+]c1-c1ccc(O)c(O)c1. The van der Waals surface area contributed by atoms with Gasteiger partial charge in [-0.1, -0.05) is 0 Å². The van der Waals surface area contributed by atoms with Crippen LogP contribution >= 0.6 is 0 Å². The minimum atomic E-state index is -2.02. The molecule has 2 heterocycles. The standard InChI is InChI=1S/C25H20O17/c26-7-16-17(29)18(30)19(31)25(42-16)38-9-4-13-10(14(5-9)40-23(36)21(32)33)6-15(41-24(37)22(34)35)20(39-13)8-1-2-11(27)12(28)3-8/h1-6,16-19,25-26,29-31H,7H2,(H3-,27,28,32,33,34,35)/p+1/t16-,17-,18+,19-,25-/m1/s1. The van der Waals surface area contributed by atoms with E-state index in [4.69, 9.17) is 33.6 Å². The number of aromatic hydroxyl groups is 2. The predicted molar refractivity (Wildman–Crippen MR) is 130 cm³/mol. The fourth-order valence-electron chi connectivity index (χ4n) is 3.84. The number of benzene rings is 2. The Morgan fingerprint density at radius 2 is 1.45 bits per heavy atom. The van der Waals surface area contributed by atoms with Crippen molar-refractivity contribution in [3.63, 3.8) is 0 Å². The molecule has 42 heavy (non-hydrogen) atoms. The minimum absolute atomic E-state index is 0.0651. The number of carboxylic acids is 2. The summed E-state index contributed by atoms with van der Waals surface area (Å²) in [7, 11) is 0. The van der Waals surface area contributed by atoms with Crippen LogP contribution in [0.4, 0.5) is 0 Å². The first-order valence-corrected chi connectivity index (χ1v) is 11.6. The Hall–Kier alpha value is -5.07. The zero-order chi connectivity index (χ0) is 30.9. The first-order valence-electron chi connectivity index (χ1n) is 11.6. The molecule has 0 amide bonds. The minimum Gasteiger partial charge on any atom is -0.504 e. The average Bonchev–Trinajstić information content (AvgIpc) is 2.94. The van der Waals surface area contributed by atoms with Crippen LogP contribution in [0.5, 0.6) is 28.7 Å². The largest absolute Gasteiger partial charge is 0.504 e. The molecule has 0 spiro atoms. The summed E-state index contributed by atoms with van der Waals surface area (Å²) in [5, 5.41) is 77.2. The number of aliphatic carboxylic acids is 2. The molecule has 1 aliphatic rings. The van der Waals surface area contributed by atoms with Crippen LogP contribution in [-0.4, -0.2) is 102 Å². The first kappa shape index (κ1) is 29.9. The van der Waals surface area contributed by atoms with Crippen LogP contribution in [0.2, 0.25) is 0 Å². The number of carbonyl (C=O) groups is 4. The Morgan fingerprint density at radius 1 is 0.810 bits per heavy atom. The molecule has 5 atom stereocenters. The molecule has 1 aromatic heterocycles. The van der Waals surface area contributed by atoms with E-state index < -0.39 is 89.9 Å². The highest BCUT2D eigenvalue weighted by Crippen LogP contribution is 2.42. The second-order valence-corrected chi connectivity index (χ2v) is 8.68. The molecule has 17 nitrogen and oxygen atoms in total. The number of ether oxygens (including phenoxy) is 4.